The van der Waals surface area contributed by atoms with Gasteiger partial charge in [-0.2, -0.15) is 0 Å². The van der Waals surface area contributed by atoms with Crippen molar-refractivity contribution in [2.75, 3.05) is 20.2 Å². The number of carboxylic acids is 1. The maximum absolute atomic E-state index is 13.1. The molecule has 0 radical (unpaired) electrons. The highest BCUT2D eigenvalue weighted by Crippen LogP contribution is 2.44. The second-order valence-electron chi connectivity index (χ2n) is 9.57. The average molecular weight is 479 g/mol. The van der Waals surface area contributed by atoms with Crippen molar-refractivity contribution >= 4 is 18.0 Å². The van der Waals surface area contributed by atoms with Crippen LogP contribution in [0.4, 0.5) is 4.79 Å². The number of amides is 2. The van der Waals surface area contributed by atoms with Gasteiger partial charge >= 0.3 is 12.1 Å². The molecule has 1 unspecified atom stereocenters. The van der Waals surface area contributed by atoms with Crippen LogP contribution in [0.2, 0.25) is 0 Å². The lowest BCUT2D eigenvalue weighted by atomic mass is 9.78. The fourth-order valence-electron chi connectivity index (χ4n) is 5.67. The zero-order valence-corrected chi connectivity index (χ0v) is 20.4. The lowest BCUT2D eigenvalue weighted by molar-refractivity contribution is -0.152. The van der Waals surface area contributed by atoms with Gasteiger partial charge < -0.3 is 20.1 Å². The van der Waals surface area contributed by atoms with E-state index >= 15 is 0 Å². The molecule has 0 heterocycles. The Morgan fingerprint density at radius 3 is 2.23 bits per heavy atom. The Morgan fingerprint density at radius 1 is 1.03 bits per heavy atom. The van der Waals surface area contributed by atoms with Crippen molar-refractivity contribution in [2.24, 2.45) is 11.8 Å². The monoisotopic (exact) mass is 478 g/mol. The Hall–Kier alpha value is -3.35. The van der Waals surface area contributed by atoms with E-state index in [2.05, 4.69) is 29.6 Å². The molecule has 2 aromatic rings. The zero-order chi connectivity index (χ0) is 24.9. The van der Waals surface area contributed by atoms with Gasteiger partial charge in [0.05, 0.1) is 0 Å². The Balaban J connectivity index is 1.35. The summed E-state index contributed by atoms with van der Waals surface area (Å²) in [5.41, 5.74) is 4.67. The number of likely N-dealkylation sites (N-methyl/N-ethyl adjacent to an activating group) is 1. The quantitative estimate of drug-likeness (QED) is 0.576. The summed E-state index contributed by atoms with van der Waals surface area (Å²) in [6, 6.07) is 15.6. The van der Waals surface area contributed by atoms with E-state index in [0.717, 1.165) is 30.4 Å². The molecule has 1 fully saturated rings. The average Bonchev–Trinajstić information content (AvgIpc) is 3.19. The minimum atomic E-state index is -0.993. The van der Waals surface area contributed by atoms with Crippen LogP contribution in [0.1, 0.15) is 56.1 Å². The molecular formula is C28H34N2O5. The van der Waals surface area contributed by atoms with E-state index < -0.39 is 18.1 Å². The number of alkyl carbamates (subject to hydrolysis) is 1. The number of hydrogen-bond acceptors (Lipinski definition) is 4. The van der Waals surface area contributed by atoms with Gasteiger partial charge in [0.25, 0.3) is 0 Å². The molecule has 0 aliphatic heterocycles. The third-order valence-corrected chi connectivity index (χ3v) is 7.57. The first-order chi connectivity index (χ1) is 16.9. The number of carbonyl (C=O) groups is 3. The van der Waals surface area contributed by atoms with Crippen molar-refractivity contribution in [3.8, 4) is 11.1 Å². The normalized spacial score (nSPS) is 19.8. The van der Waals surface area contributed by atoms with Gasteiger partial charge in [-0.05, 0) is 47.4 Å². The van der Waals surface area contributed by atoms with Crippen molar-refractivity contribution in [1.82, 2.24) is 10.2 Å². The molecular weight excluding hydrogens is 444 g/mol. The molecule has 2 N–H and O–H groups in total. The highest BCUT2D eigenvalue weighted by Gasteiger charge is 2.36. The standard InChI is InChI=1S/C28H34N2O5/c1-3-25(27(32)33)30(2)26(31)19-11-5-4-10-18(19)16-29-28(34)35-17-24-22-14-8-6-12-20(22)21-13-7-9-15-23(21)24/h6-9,12-15,18-19,24-25H,3-5,10-11,16-17H2,1-2H3,(H,29,34)(H,32,33)/t18-,19-,25?/m1/s1. The van der Waals surface area contributed by atoms with E-state index in [0.29, 0.717) is 19.4 Å². The maximum Gasteiger partial charge on any atom is 0.407 e. The molecule has 35 heavy (non-hydrogen) atoms. The molecule has 0 bridgehead atoms. The van der Waals surface area contributed by atoms with Crippen molar-refractivity contribution in [3.63, 3.8) is 0 Å². The topological polar surface area (TPSA) is 95.9 Å². The van der Waals surface area contributed by atoms with Crippen LogP contribution in [0.3, 0.4) is 0 Å². The van der Waals surface area contributed by atoms with Gasteiger partial charge in [-0.1, -0.05) is 68.3 Å². The molecule has 2 aliphatic rings. The second kappa shape index (κ2) is 10.9. The van der Waals surface area contributed by atoms with E-state index in [-0.39, 0.29) is 30.3 Å². The fraction of sp³-hybridized carbons (Fsp3) is 0.464. The van der Waals surface area contributed by atoms with E-state index in [1.807, 2.05) is 24.3 Å². The maximum atomic E-state index is 13.1. The summed E-state index contributed by atoms with van der Waals surface area (Å²) in [7, 11) is 1.56. The molecule has 7 nitrogen and oxygen atoms in total. The first kappa shape index (κ1) is 24.8. The molecule has 4 rings (SSSR count). The number of nitrogens with one attached hydrogen (secondary N) is 1. The van der Waals surface area contributed by atoms with Crippen molar-refractivity contribution in [2.45, 2.75) is 51.0 Å². The van der Waals surface area contributed by atoms with Gasteiger partial charge in [-0.3, -0.25) is 4.79 Å². The van der Waals surface area contributed by atoms with Crippen LogP contribution in [-0.4, -0.2) is 54.2 Å². The van der Waals surface area contributed by atoms with Gasteiger partial charge in [0, 0.05) is 25.4 Å². The van der Waals surface area contributed by atoms with Gasteiger partial charge in [0.1, 0.15) is 12.6 Å². The molecule has 1 saturated carbocycles. The molecule has 0 saturated heterocycles. The number of benzene rings is 2. The molecule has 3 atom stereocenters. The Kier molecular flexibility index (Phi) is 7.73. The summed E-state index contributed by atoms with van der Waals surface area (Å²) >= 11 is 0. The third kappa shape index (κ3) is 5.19. The summed E-state index contributed by atoms with van der Waals surface area (Å²) in [5.74, 6) is -1.49. The van der Waals surface area contributed by atoms with Crippen LogP contribution in [0.15, 0.2) is 48.5 Å². The molecule has 0 spiro atoms. The van der Waals surface area contributed by atoms with Crippen LogP contribution in [0, 0.1) is 11.8 Å². The van der Waals surface area contributed by atoms with Crippen LogP contribution in [-0.2, 0) is 14.3 Å². The highest BCUT2D eigenvalue weighted by molar-refractivity contribution is 5.85. The lowest BCUT2D eigenvalue weighted by Gasteiger charge is -2.35. The largest absolute Gasteiger partial charge is 0.480 e. The highest BCUT2D eigenvalue weighted by atomic mass is 16.5. The summed E-state index contributed by atoms with van der Waals surface area (Å²) in [6.45, 7) is 2.34. The molecule has 0 aromatic heterocycles. The van der Waals surface area contributed by atoms with Gasteiger partial charge in [-0.15, -0.1) is 0 Å². The summed E-state index contributed by atoms with van der Waals surface area (Å²) in [4.78, 5) is 38.6. The molecule has 7 heteroatoms. The number of carbonyl (C=O) groups excluding carboxylic acids is 2. The number of hydrogen-bond donors (Lipinski definition) is 2. The zero-order valence-electron chi connectivity index (χ0n) is 20.4. The molecule has 2 aliphatic carbocycles. The second-order valence-corrected chi connectivity index (χ2v) is 9.57. The summed E-state index contributed by atoms with van der Waals surface area (Å²) in [6.07, 6.45) is 3.30. The first-order valence-electron chi connectivity index (χ1n) is 12.5. The van der Waals surface area contributed by atoms with Crippen LogP contribution >= 0.6 is 0 Å². The van der Waals surface area contributed by atoms with E-state index in [9.17, 15) is 19.5 Å². The Morgan fingerprint density at radius 2 is 1.63 bits per heavy atom. The lowest BCUT2D eigenvalue weighted by Crippen LogP contribution is -2.48. The number of ether oxygens (including phenoxy) is 1. The predicted molar refractivity (Wildman–Crippen MR) is 133 cm³/mol. The Bertz CT molecular complexity index is 1040. The van der Waals surface area contributed by atoms with E-state index in [1.165, 1.54) is 16.0 Å². The van der Waals surface area contributed by atoms with Gasteiger partial charge in [0.2, 0.25) is 5.91 Å². The van der Waals surface area contributed by atoms with E-state index in [4.69, 9.17) is 4.74 Å². The summed E-state index contributed by atoms with van der Waals surface area (Å²) < 4.78 is 5.64. The molecule has 2 amide bonds. The fourth-order valence-corrected chi connectivity index (χ4v) is 5.67. The number of rotatable bonds is 8. The first-order valence-corrected chi connectivity index (χ1v) is 12.5. The molecule has 186 valence electrons. The molecule has 2 aromatic carbocycles. The number of aliphatic carboxylic acids is 1. The van der Waals surface area contributed by atoms with Crippen molar-refractivity contribution < 1.29 is 24.2 Å². The van der Waals surface area contributed by atoms with Crippen molar-refractivity contribution in [3.05, 3.63) is 59.7 Å². The van der Waals surface area contributed by atoms with Crippen LogP contribution in [0.25, 0.3) is 11.1 Å². The number of fused-ring (bicyclic) bond motifs is 3. The van der Waals surface area contributed by atoms with Crippen molar-refractivity contribution in [1.29, 1.82) is 0 Å². The van der Waals surface area contributed by atoms with Crippen LogP contribution < -0.4 is 5.32 Å². The minimum Gasteiger partial charge on any atom is -0.480 e. The number of nitrogens with zero attached hydrogens (tertiary/aromatic N) is 1. The van der Waals surface area contributed by atoms with Gasteiger partial charge in [-0.25, -0.2) is 9.59 Å². The van der Waals surface area contributed by atoms with Gasteiger partial charge in [0.15, 0.2) is 0 Å². The summed E-state index contributed by atoms with van der Waals surface area (Å²) in [5, 5.41) is 12.3. The SMILES string of the molecule is CCC(C(=O)O)N(C)C(=O)[C@@H]1CCCC[C@@H]1CNC(=O)OCC1c2ccccc2-c2ccccc21. The third-order valence-electron chi connectivity index (χ3n) is 7.57. The van der Waals surface area contributed by atoms with Crippen LogP contribution in [0.5, 0.6) is 0 Å². The smallest absolute Gasteiger partial charge is 0.407 e. The van der Waals surface area contributed by atoms with E-state index in [1.54, 1.807) is 14.0 Å². The number of carboxylic acid groups (broad SMARTS) is 1. The Labute approximate surface area is 206 Å². The minimum absolute atomic E-state index is 0.00666. The predicted octanol–water partition coefficient (Wildman–Crippen LogP) is 4.65.